The van der Waals surface area contributed by atoms with Crippen molar-refractivity contribution in [3.63, 3.8) is 0 Å². The largest absolute Gasteiger partial charge is 0.496 e. The van der Waals surface area contributed by atoms with Gasteiger partial charge in [0.25, 0.3) is 0 Å². The number of fused-ring (bicyclic) bond motifs is 2. The van der Waals surface area contributed by atoms with E-state index in [4.69, 9.17) is 24.8 Å². The van der Waals surface area contributed by atoms with Crippen LogP contribution in [-0.4, -0.2) is 30.6 Å². The summed E-state index contributed by atoms with van der Waals surface area (Å²) in [5.74, 6) is 2.03. The molecule has 1 unspecified atom stereocenters. The van der Waals surface area contributed by atoms with Crippen LogP contribution in [0.2, 0.25) is 0 Å². The van der Waals surface area contributed by atoms with E-state index in [1.165, 1.54) is 11.1 Å². The molecule has 2 N–H and O–H groups in total. The monoisotopic (exact) mass is 476 g/mol. The number of carbonyl (C=O) groups is 1. The highest BCUT2D eigenvalue weighted by Crippen LogP contribution is 2.40. The fourth-order valence-corrected chi connectivity index (χ4v) is 4.70. The summed E-state index contributed by atoms with van der Waals surface area (Å²) < 4.78 is 11.7. The Labute approximate surface area is 205 Å². The Hall–Kier alpha value is -3.70. The number of anilines is 1. The number of ketones is 1. The number of benzene rings is 2. The van der Waals surface area contributed by atoms with Crippen molar-refractivity contribution in [2.24, 2.45) is 5.41 Å². The Bertz CT molecular complexity index is 1250. The van der Waals surface area contributed by atoms with Gasteiger partial charge in [-0.25, -0.2) is 0 Å². The van der Waals surface area contributed by atoms with Crippen molar-refractivity contribution in [1.29, 1.82) is 0 Å². The van der Waals surface area contributed by atoms with Crippen molar-refractivity contribution >= 4 is 28.5 Å². The minimum absolute atomic E-state index is 0.209. The molecule has 35 heavy (non-hydrogen) atoms. The first-order valence-electron chi connectivity index (χ1n) is 11.7. The van der Waals surface area contributed by atoms with E-state index in [9.17, 15) is 4.79 Å². The fourth-order valence-electron chi connectivity index (χ4n) is 4.70. The lowest BCUT2D eigenvalue weighted by molar-refractivity contribution is -0.191. The number of aromatic nitrogens is 1. The maximum atomic E-state index is 13.3. The number of hydrogen-bond donors (Lipinski definition) is 1. The second-order valence-corrected chi connectivity index (χ2v) is 9.50. The summed E-state index contributed by atoms with van der Waals surface area (Å²) in [6, 6.07) is 13.7. The molecule has 0 saturated heterocycles. The molecule has 0 radical (unpaired) electrons. The molecule has 1 heterocycles. The lowest BCUT2D eigenvalue weighted by Crippen LogP contribution is -2.32. The maximum Gasteiger partial charge on any atom is 0.373 e. The first-order valence-corrected chi connectivity index (χ1v) is 11.7. The molecular weight excluding hydrogens is 444 g/mol. The summed E-state index contributed by atoms with van der Waals surface area (Å²) >= 11 is 0. The molecule has 7 nitrogen and oxygen atoms in total. The normalized spacial score (nSPS) is 14.8. The molecule has 0 bridgehead atoms. The Morgan fingerprint density at radius 1 is 1.17 bits per heavy atom. The summed E-state index contributed by atoms with van der Waals surface area (Å²) in [5, 5.41) is 0.801. The molecule has 0 spiro atoms. The maximum absolute atomic E-state index is 13.3. The third-order valence-electron chi connectivity index (χ3n) is 6.54. The molecule has 2 aromatic carbocycles. The number of methoxy groups -OCH3 is 1. The van der Waals surface area contributed by atoms with Crippen LogP contribution in [0.4, 0.5) is 5.69 Å². The molecule has 1 aliphatic carbocycles. The number of Topliss-reactive ketones (excluding diaryl/α,β-unsaturated/α-hetero) is 1. The lowest BCUT2D eigenvalue weighted by Gasteiger charge is -2.30. The van der Waals surface area contributed by atoms with E-state index in [1.807, 2.05) is 57.2 Å². The van der Waals surface area contributed by atoms with Crippen LogP contribution < -0.4 is 15.2 Å². The van der Waals surface area contributed by atoms with Crippen molar-refractivity contribution in [3.8, 4) is 11.5 Å². The Morgan fingerprint density at radius 3 is 2.57 bits per heavy atom. The highest BCUT2D eigenvalue weighted by atomic mass is 16.5. The smallest absolute Gasteiger partial charge is 0.373 e. The van der Waals surface area contributed by atoms with Gasteiger partial charge in [0.2, 0.25) is 0 Å². The average Bonchev–Trinajstić information content (AvgIpc) is 2.82. The second kappa shape index (κ2) is 11.2. The first kappa shape index (κ1) is 25.9. The average molecular weight is 477 g/mol. The molecule has 184 valence electrons. The number of carbonyl (C=O) groups excluding carboxylic acids is 3. The molecule has 7 heteroatoms. The van der Waals surface area contributed by atoms with Gasteiger partial charge in [0, 0.05) is 17.8 Å². The molecule has 1 aliphatic rings. The van der Waals surface area contributed by atoms with E-state index in [-0.39, 0.29) is 24.5 Å². The van der Waals surface area contributed by atoms with Crippen LogP contribution in [0.1, 0.15) is 55.8 Å². The van der Waals surface area contributed by atoms with Gasteiger partial charge in [0.05, 0.1) is 23.4 Å². The standard InChI is InChI=1S/C27H32N2O3.CO2/c1-17-14-21(28)26-22(29-17)11-7-13-24(26)32-16-27(2,3)25(30)15-18-8-5-10-20-19(18)9-6-12-23(20)31-4;2-1-3/h6-7,9,11-14,18H,5,8,10,15-16H2,1-4H3,(H2,28,29);. The summed E-state index contributed by atoms with van der Waals surface area (Å²) in [6.45, 7) is 6.13. The molecule has 0 saturated carbocycles. The second-order valence-electron chi connectivity index (χ2n) is 9.50. The van der Waals surface area contributed by atoms with Crippen molar-refractivity contribution in [1.82, 2.24) is 4.98 Å². The van der Waals surface area contributed by atoms with Gasteiger partial charge in [-0.2, -0.15) is 9.59 Å². The number of rotatable bonds is 7. The topological polar surface area (TPSA) is 109 Å². The highest BCUT2D eigenvalue weighted by molar-refractivity contribution is 5.95. The number of nitrogen functional groups attached to an aromatic ring is 1. The highest BCUT2D eigenvalue weighted by Gasteiger charge is 2.33. The number of hydrogen-bond acceptors (Lipinski definition) is 7. The Balaban J connectivity index is 0.00000108. The van der Waals surface area contributed by atoms with Crippen molar-refractivity contribution in [2.75, 3.05) is 19.5 Å². The van der Waals surface area contributed by atoms with Crippen LogP contribution in [0.25, 0.3) is 10.9 Å². The van der Waals surface area contributed by atoms with Gasteiger partial charge in [-0.05, 0) is 81.3 Å². The van der Waals surface area contributed by atoms with Crippen molar-refractivity contribution in [2.45, 2.75) is 52.4 Å². The zero-order valence-corrected chi connectivity index (χ0v) is 20.7. The van der Waals surface area contributed by atoms with Gasteiger partial charge < -0.3 is 15.2 Å². The summed E-state index contributed by atoms with van der Waals surface area (Å²) in [6.07, 6.45) is 3.86. The van der Waals surface area contributed by atoms with Gasteiger partial charge in [0.1, 0.15) is 23.9 Å². The number of nitrogens with two attached hydrogens (primary N) is 1. The van der Waals surface area contributed by atoms with E-state index < -0.39 is 5.41 Å². The van der Waals surface area contributed by atoms with E-state index in [0.717, 1.165) is 41.6 Å². The van der Waals surface area contributed by atoms with Gasteiger partial charge in [-0.1, -0.05) is 18.2 Å². The summed E-state index contributed by atoms with van der Waals surface area (Å²) in [4.78, 5) is 34.1. The fraction of sp³-hybridized carbons (Fsp3) is 0.393. The minimum Gasteiger partial charge on any atom is -0.496 e. The summed E-state index contributed by atoms with van der Waals surface area (Å²) in [7, 11) is 1.71. The minimum atomic E-state index is -0.620. The third kappa shape index (κ3) is 5.87. The number of ether oxygens (including phenoxy) is 2. The molecule has 3 aromatic rings. The van der Waals surface area contributed by atoms with Crippen LogP contribution in [0.3, 0.4) is 0 Å². The van der Waals surface area contributed by atoms with Crippen LogP contribution in [-0.2, 0) is 20.8 Å². The van der Waals surface area contributed by atoms with Crippen molar-refractivity contribution in [3.05, 3.63) is 59.3 Å². The van der Waals surface area contributed by atoms with E-state index in [2.05, 4.69) is 11.1 Å². The Morgan fingerprint density at radius 2 is 1.86 bits per heavy atom. The SMILES string of the molecule is COc1cccc2c1CCCC2CC(=O)C(C)(C)COc1cccc2nc(C)cc(N)c12.O=C=O. The number of pyridine rings is 1. The molecule has 1 aromatic heterocycles. The van der Waals surface area contributed by atoms with Crippen LogP contribution >= 0.6 is 0 Å². The van der Waals surface area contributed by atoms with E-state index in [1.54, 1.807) is 7.11 Å². The molecule has 4 rings (SSSR count). The quantitative estimate of drug-likeness (QED) is 0.509. The van der Waals surface area contributed by atoms with E-state index >= 15 is 0 Å². The lowest BCUT2D eigenvalue weighted by atomic mass is 9.76. The first-order chi connectivity index (χ1) is 16.7. The molecular formula is C28H32N2O5. The van der Waals surface area contributed by atoms with Crippen LogP contribution in [0.15, 0.2) is 42.5 Å². The molecule has 0 aliphatic heterocycles. The molecule has 1 atom stereocenters. The Kier molecular flexibility index (Phi) is 8.26. The van der Waals surface area contributed by atoms with Crippen LogP contribution in [0.5, 0.6) is 11.5 Å². The van der Waals surface area contributed by atoms with Crippen LogP contribution in [0, 0.1) is 12.3 Å². The zero-order chi connectivity index (χ0) is 25.6. The molecule has 0 fully saturated rings. The van der Waals surface area contributed by atoms with E-state index in [0.29, 0.717) is 17.9 Å². The third-order valence-corrected chi connectivity index (χ3v) is 6.54. The predicted octanol–water partition coefficient (Wildman–Crippen LogP) is 5.03. The summed E-state index contributed by atoms with van der Waals surface area (Å²) in [5.41, 5.74) is 10.4. The molecule has 0 amide bonds. The van der Waals surface area contributed by atoms with Gasteiger partial charge in [0.15, 0.2) is 0 Å². The van der Waals surface area contributed by atoms with Gasteiger partial charge in [-0.3, -0.25) is 9.78 Å². The van der Waals surface area contributed by atoms with Crippen molar-refractivity contribution < 1.29 is 23.9 Å². The zero-order valence-electron chi connectivity index (χ0n) is 20.7. The predicted molar refractivity (Wildman–Crippen MR) is 133 cm³/mol. The number of aryl methyl sites for hydroxylation is 1. The van der Waals surface area contributed by atoms with Gasteiger partial charge >= 0.3 is 6.15 Å². The van der Waals surface area contributed by atoms with Gasteiger partial charge in [-0.15, -0.1) is 0 Å². The number of nitrogens with zero attached hydrogens (tertiary/aromatic N) is 1.